The monoisotopic (exact) mass is 399 g/mol. The maximum Gasteiger partial charge on any atom is 0.191 e. The van der Waals surface area contributed by atoms with Crippen LogP contribution in [0.25, 0.3) is 0 Å². The molecule has 19 heavy (non-hydrogen) atoms. The lowest BCUT2D eigenvalue weighted by Gasteiger charge is -2.19. The van der Waals surface area contributed by atoms with Gasteiger partial charge in [-0.1, -0.05) is 0 Å². The molecular weight excluding hydrogens is 373 g/mol. The molecule has 0 aromatic carbocycles. The van der Waals surface area contributed by atoms with Gasteiger partial charge in [0.15, 0.2) is 5.96 Å². The summed E-state index contributed by atoms with van der Waals surface area (Å²) in [4.78, 5) is 4.30. The smallest absolute Gasteiger partial charge is 0.191 e. The molecule has 2 fully saturated rings. The van der Waals surface area contributed by atoms with Crippen LogP contribution in [-0.4, -0.2) is 49.8 Å². The Hall–Kier alpha value is 0.310. The van der Waals surface area contributed by atoms with Crippen LogP contribution >= 0.6 is 35.7 Å². The minimum Gasteiger partial charge on any atom is -0.376 e. The lowest BCUT2D eigenvalue weighted by Crippen LogP contribution is -2.45. The van der Waals surface area contributed by atoms with Crippen LogP contribution in [0.2, 0.25) is 0 Å². The Kier molecular flexibility index (Phi) is 8.48. The summed E-state index contributed by atoms with van der Waals surface area (Å²) >= 11 is 1.98. The van der Waals surface area contributed by atoms with E-state index in [1.165, 1.54) is 32.1 Å². The van der Waals surface area contributed by atoms with Crippen LogP contribution in [0.5, 0.6) is 0 Å². The fourth-order valence-corrected chi connectivity index (χ4v) is 3.49. The molecule has 1 saturated heterocycles. The van der Waals surface area contributed by atoms with E-state index in [4.69, 9.17) is 4.74 Å². The van der Waals surface area contributed by atoms with Crippen LogP contribution in [0.1, 0.15) is 32.1 Å². The van der Waals surface area contributed by atoms with Crippen molar-refractivity contribution in [2.45, 2.75) is 49.5 Å². The van der Waals surface area contributed by atoms with Gasteiger partial charge in [0.25, 0.3) is 0 Å². The molecule has 4 nitrogen and oxygen atoms in total. The highest BCUT2D eigenvalue weighted by atomic mass is 127. The quantitative estimate of drug-likeness (QED) is 0.433. The number of ether oxygens (including phenoxy) is 1. The Balaban J connectivity index is 0.00000180. The minimum atomic E-state index is 0. The van der Waals surface area contributed by atoms with Crippen molar-refractivity contribution in [3.63, 3.8) is 0 Å². The molecule has 0 bridgehead atoms. The number of hydrogen-bond donors (Lipinski definition) is 2. The van der Waals surface area contributed by atoms with Crippen molar-refractivity contribution < 1.29 is 4.74 Å². The SMILES string of the molecule is CN=C(NCC1CCCO1)NC1CCC(SC)C1.I. The summed E-state index contributed by atoms with van der Waals surface area (Å²) in [7, 11) is 1.84. The van der Waals surface area contributed by atoms with Crippen molar-refractivity contribution in [1.29, 1.82) is 0 Å². The van der Waals surface area contributed by atoms with Gasteiger partial charge in [0.05, 0.1) is 6.10 Å². The lowest BCUT2D eigenvalue weighted by molar-refractivity contribution is 0.113. The second-order valence-corrected chi connectivity index (χ2v) is 6.24. The minimum absolute atomic E-state index is 0. The van der Waals surface area contributed by atoms with E-state index in [1.54, 1.807) is 0 Å². The maximum atomic E-state index is 5.60. The Bertz CT molecular complexity index is 285. The number of rotatable bonds is 4. The van der Waals surface area contributed by atoms with Gasteiger partial charge in [-0.25, -0.2) is 0 Å². The van der Waals surface area contributed by atoms with Gasteiger partial charge >= 0.3 is 0 Å². The topological polar surface area (TPSA) is 45.7 Å². The van der Waals surface area contributed by atoms with E-state index in [0.29, 0.717) is 12.1 Å². The second kappa shape index (κ2) is 9.28. The van der Waals surface area contributed by atoms with Crippen molar-refractivity contribution >= 4 is 41.7 Å². The number of hydrogen-bond acceptors (Lipinski definition) is 3. The molecule has 0 aromatic rings. The maximum absolute atomic E-state index is 5.60. The van der Waals surface area contributed by atoms with Crippen LogP contribution in [0.15, 0.2) is 4.99 Å². The predicted octanol–water partition coefficient (Wildman–Crippen LogP) is 2.23. The van der Waals surface area contributed by atoms with Gasteiger partial charge in [-0.05, 0) is 38.4 Å². The number of nitrogens with one attached hydrogen (secondary N) is 2. The van der Waals surface area contributed by atoms with Gasteiger partial charge in [-0.3, -0.25) is 4.99 Å². The van der Waals surface area contributed by atoms with Gasteiger partial charge in [0.1, 0.15) is 0 Å². The zero-order chi connectivity index (χ0) is 12.8. The van der Waals surface area contributed by atoms with Crippen LogP contribution in [0.3, 0.4) is 0 Å². The molecule has 2 aliphatic rings. The highest BCUT2D eigenvalue weighted by Crippen LogP contribution is 2.27. The molecule has 2 rings (SSSR count). The van der Waals surface area contributed by atoms with Crippen molar-refractivity contribution in [2.24, 2.45) is 4.99 Å². The highest BCUT2D eigenvalue weighted by Gasteiger charge is 2.24. The fraction of sp³-hybridized carbons (Fsp3) is 0.923. The zero-order valence-electron chi connectivity index (χ0n) is 11.9. The van der Waals surface area contributed by atoms with Crippen molar-refractivity contribution in [1.82, 2.24) is 10.6 Å². The van der Waals surface area contributed by atoms with E-state index in [2.05, 4.69) is 21.9 Å². The molecule has 6 heteroatoms. The van der Waals surface area contributed by atoms with Crippen molar-refractivity contribution in [3.8, 4) is 0 Å². The zero-order valence-corrected chi connectivity index (χ0v) is 15.0. The molecule has 1 aliphatic carbocycles. The molecule has 0 radical (unpaired) electrons. The number of aliphatic imine (C=N–C) groups is 1. The molecule has 3 unspecified atom stereocenters. The largest absolute Gasteiger partial charge is 0.376 e. The van der Waals surface area contributed by atoms with Crippen LogP contribution in [-0.2, 0) is 4.74 Å². The normalized spacial score (nSPS) is 31.1. The Morgan fingerprint density at radius 1 is 1.37 bits per heavy atom. The average molecular weight is 399 g/mol. The number of nitrogens with zero attached hydrogens (tertiary/aromatic N) is 1. The first-order valence-electron chi connectivity index (χ1n) is 6.93. The first kappa shape index (κ1) is 17.4. The van der Waals surface area contributed by atoms with E-state index < -0.39 is 0 Å². The highest BCUT2D eigenvalue weighted by molar-refractivity contribution is 14.0. The lowest BCUT2D eigenvalue weighted by atomic mass is 10.2. The summed E-state index contributed by atoms with van der Waals surface area (Å²) in [6.07, 6.45) is 8.76. The molecule has 0 amide bonds. The average Bonchev–Trinajstić information content (AvgIpc) is 3.05. The van der Waals surface area contributed by atoms with Crippen molar-refractivity contribution in [2.75, 3.05) is 26.5 Å². The molecular formula is C13H26IN3OS. The number of guanidine groups is 1. The van der Waals surface area contributed by atoms with Crippen LogP contribution in [0, 0.1) is 0 Å². The Morgan fingerprint density at radius 3 is 2.79 bits per heavy atom. The summed E-state index contributed by atoms with van der Waals surface area (Å²) in [6.45, 7) is 1.79. The molecule has 0 spiro atoms. The molecule has 2 N–H and O–H groups in total. The Morgan fingerprint density at radius 2 is 2.21 bits per heavy atom. The van der Waals surface area contributed by atoms with E-state index in [9.17, 15) is 0 Å². The van der Waals surface area contributed by atoms with Gasteiger partial charge < -0.3 is 15.4 Å². The van der Waals surface area contributed by atoms with E-state index >= 15 is 0 Å². The summed E-state index contributed by atoms with van der Waals surface area (Å²) in [5.41, 5.74) is 0. The molecule has 112 valence electrons. The predicted molar refractivity (Wildman–Crippen MR) is 93.8 cm³/mol. The summed E-state index contributed by atoms with van der Waals surface area (Å²) < 4.78 is 5.60. The van der Waals surface area contributed by atoms with E-state index in [0.717, 1.165) is 24.4 Å². The molecule has 1 heterocycles. The van der Waals surface area contributed by atoms with E-state index in [-0.39, 0.29) is 24.0 Å². The van der Waals surface area contributed by atoms with Gasteiger partial charge in [-0.15, -0.1) is 24.0 Å². The Labute approximate surface area is 137 Å². The standard InChI is InChI=1S/C13H25N3OS.HI/c1-14-13(15-9-11-4-3-7-17-11)16-10-5-6-12(8-10)18-2;/h10-12H,3-9H2,1-2H3,(H2,14,15,16);1H. The summed E-state index contributed by atoms with van der Waals surface area (Å²) in [5.74, 6) is 0.928. The third-order valence-corrected chi connectivity index (χ3v) is 4.90. The van der Waals surface area contributed by atoms with Gasteiger partial charge in [0.2, 0.25) is 0 Å². The molecule has 1 saturated carbocycles. The van der Waals surface area contributed by atoms with Crippen LogP contribution < -0.4 is 10.6 Å². The third-order valence-electron chi connectivity index (χ3n) is 3.80. The van der Waals surface area contributed by atoms with Crippen LogP contribution in [0.4, 0.5) is 0 Å². The van der Waals surface area contributed by atoms with Gasteiger partial charge in [0, 0.05) is 31.5 Å². The first-order chi connectivity index (χ1) is 8.81. The molecule has 3 atom stereocenters. The third kappa shape index (κ3) is 5.67. The van der Waals surface area contributed by atoms with Gasteiger partial charge in [-0.2, -0.15) is 11.8 Å². The number of halogens is 1. The van der Waals surface area contributed by atoms with Crippen molar-refractivity contribution in [3.05, 3.63) is 0 Å². The second-order valence-electron chi connectivity index (χ2n) is 5.10. The molecule has 0 aromatic heterocycles. The molecule has 1 aliphatic heterocycles. The summed E-state index contributed by atoms with van der Waals surface area (Å²) in [6, 6.07) is 0.582. The summed E-state index contributed by atoms with van der Waals surface area (Å²) in [5, 5.41) is 7.72. The number of thioether (sulfide) groups is 1. The first-order valence-corrected chi connectivity index (χ1v) is 8.22. The van der Waals surface area contributed by atoms with E-state index in [1.807, 2.05) is 18.8 Å². The fourth-order valence-electron chi connectivity index (χ4n) is 2.69.